The highest BCUT2D eigenvalue weighted by atomic mass is 16.7. The number of piperazine rings is 1. The lowest BCUT2D eigenvalue weighted by Crippen LogP contribution is -2.56. The molecule has 5 nitrogen and oxygen atoms in total. The highest BCUT2D eigenvalue weighted by Gasteiger charge is 2.51. The van der Waals surface area contributed by atoms with Crippen LogP contribution in [0.1, 0.15) is 27.7 Å². The van der Waals surface area contributed by atoms with E-state index >= 15 is 0 Å². The van der Waals surface area contributed by atoms with Crippen LogP contribution in [0.15, 0.2) is 24.3 Å². The topological polar surface area (TPSA) is 34.2 Å². The van der Waals surface area contributed by atoms with Crippen LogP contribution in [0.25, 0.3) is 0 Å². The van der Waals surface area contributed by atoms with Crippen LogP contribution in [0.3, 0.4) is 0 Å². The molecule has 3 heterocycles. The molecule has 0 spiro atoms. The van der Waals surface area contributed by atoms with Crippen LogP contribution < -0.4 is 10.4 Å². The van der Waals surface area contributed by atoms with Gasteiger partial charge in [-0.1, -0.05) is 12.1 Å². The quantitative estimate of drug-likeness (QED) is 0.777. The molecule has 0 N–H and O–H groups in total. The van der Waals surface area contributed by atoms with E-state index in [-0.39, 0.29) is 18.3 Å². The summed E-state index contributed by atoms with van der Waals surface area (Å²) in [5.41, 5.74) is 1.76. The monoisotopic (exact) mass is 344 g/mol. The van der Waals surface area contributed by atoms with Gasteiger partial charge in [-0.3, -0.25) is 4.90 Å². The van der Waals surface area contributed by atoms with Crippen LogP contribution in [0.4, 0.5) is 5.69 Å². The van der Waals surface area contributed by atoms with Crippen molar-refractivity contribution in [2.45, 2.75) is 44.9 Å². The lowest BCUT2D eigenvalue weighted by atomic mass is 9.79. The summed E-state index contributed by atoms with van der Waals surface area (Å²) in [5, 5.41) is 0. The van der Waals surface area contributed by atoms with E-state index in [1.165, 1.54) is 5.69 Å². The molecule has 0 bridgehead atoms. The van der Waals surface area contributed by atoms with Crippen LogP contribution in [-0.2, 0) is 14.0 Å². The molecule has 4 rings (SSSR count). The van der Waals surface area contributed by atoms with Gasteiger partial charge in [-0.15, -0.1) is 0 Å². The molecule has 3 fully saturated rings. The summed E-state index contributed by atoms with van der Waals surface area (Å²) in [7, 11) is -0.293. The summed E-state index contributed by atoms with van der Waals surface area (Å²) in [6, 6.07) is 9.27. The smallest absolute Gasteiger partial charge is 0.399 e. The molecule has 0 aromatic heterocycles. The van der Waals surface area contributed by atoms with Crippen LogP contribution in [-0.4, -0.2) is 68.7 Å². The summed E-state index contributed by atoms with van der Waals surface area (Å²) in [6.45, 7) is 14.5. The summed E-state index contributed by atoms with van der Waals surface area (Å²) >= 11 is 0. The Kier molecular flexibility index (Phi) is 4.35. The summed E-state index contributed by atoms with van der Waals surface area (Å²) in [6.07, 6.45) is 0. The van der Waals surface area contributed by atoms with Gasteiger partial charge in [0.05, 0.1) is 30.5 Å². The van der Waals surface area contributed by atoms with E-state index in [1.807, 2.05) is 0 Å². The highest BCUT2D eigenvalue weighted by molar-refractivity contribution is 6.62. The largest absolute Gasteiger partial charge is 0.494 e. The van der Waals surface area contributed by atoms with Crippen molar-refractivity contribution in [1.82, 2.24) is 4.90 Å². The van der Waals surface area contributed by atoms with E-state index < -0.39 is 0 Å². The maximum atomic E-state index is 6.20. The fourth-order valence-electron chi connectivity index (χ4n) is 3.63. The minimum Gasteiger partial charge on any atom is -0.399 e. The molecular weight excluding hydrogens is 315 g/mol. The minimum absolute atomic E-state index is 0.293. The fraction of sp³-hybridized carbons (Fsp3) is 0.684. The Labute approximate surface area is 151 Å². The Bertz CT molecular complexity index is 609. The van der Waals surface area contributed by atoms with Gasteiger partial charge in [0.15, 0.2) is 0 Å². The summed E-state index contributed by atoms with van der Waals surface area (Å²) in [4.78, 5) is 5.02. The second-order valence-corrected chi connectivity index (χ2v) is 8.40. The first kappa shape index (κ1) is 17.3. The number of hydrogen-bond donors (Lipinski definition) is 0. The van der Waals surface area contributed by atoms with E-state index in [1.54, 1.807) is 0 Å². The van der Waals surface area contributed by atoms with Crippen molar-refractivity contribution in [3.63, 3.8) is 0 Å². The third kappa shape index (κ3) is 3.21. The Morgan fingerprint density at radius 1 is 0.960 bits per heavy atom. The number of ether oxygens (including phenoxy) is 1. The zero-order valence-corrected chi connectivity index (χ0v) is 15.8. The van der Waals surface area contributed by atoms with Crippen LogP contribution in [0.2, 0.25) is 0 Å². The Morgan fingerprint density at radius 2 is 1.60 bits per heavy atom. The van der Waals surface area contributed by atoms with Gasteiger partial charge in [0.2, 0.25) is 0 Å². The van der Waals surface area contributed by atoms with Crippen molar-refractivity contribution < 1.29 is 14.0 Å². The Hall–Kier alpha value is -1.08. The molecular formula is C19H29BN2O3. The molecule has 1 aromatic rings. The Morgan fingerprint density at radius 3 is 2.16 bits per heavy atom. The molecule has 25 heavy (non-hydrogen) atoms. The third-order valence-corrected chi connectivity index (χ3v) is 6.21. The van der Waals surface area contributed by atoms with E-state index in [2.05, 4.69) is 61.8 Å². The second kappa shape index (κ2) is 6.27. The van der Waals surface area contributed by atoms with Gasteiger partial charge >= 0.3 is 7.12 Å². The lowest BCUT2D eigenvalue weighted by Gasteiger charge is -2.43. The van der Waals surface area contributed by atoms with Gasteiger partial charge in [-0.05, 0) is 45.3 Å². The molecule has 6 heteroatoms. The third-order valence-electron chi connectivity index (χ3n) is 6.21. The van der Waals surface area contributed by atoms with E-state index in [0.717, 1.165) is 44.9 Å². The number of nitrogens with zero attached hydrogens (tertiary/aromatic N) is 2. The molecule has 3 aliphatic rings. The normalized spacial score (nSPS) is 26.7. The number of benzene rings is 1. The summed E-state index contributed by atoms with van der Waals surface area (Å²) < 4.78 is 17.7. The van der Waals surface area contributed by atoms with Crippen molar-refractivity contribution >= 4 is 18.3 Å². The minimum atomic E-state index is -0.301. The average Bonchev–Trinajstić information content (AvgIpc) is 2.75. The number of rotatable bonds is 3. The standard InChI is InChI=1S/C19H29BN2O3/c1-18(2)19(3,4)25-20(24-18)15-6-5-7-16(12-15)21-8-10-22(11-9-21)17-13-23-14-17/h5-7,12,17H,8-11,13-14H2,1-4H3. The fourth-order valence-corrected chi connectivity index (χ4v) is 3.63. The first-order chi connectivity index (χ1) is 11.9. The van der Waals surface area contributed by atoms with Crippen LogP contribution in [0, 0.1) is 0 Å². The van der Waals surface area contributed by atoms with Crippen molar-refractivity contribution in [1.29, 1.82) is 0 Å². The number of hydrogen-bond acceptors (Lipinski definition) is 5. The molecule has 0 radical (unpaired) electrons. The highest BCUT2D eigenvalue weighted by Crippen LogP contribution is 2.36. The molecule has 1 aromatic carbocycles. The molecule has 3 aliphatic heterocycles. The molecule has 136 valence electrons. The molecule has 0 amide bonds. The van der Waals surface area contributed by atoms with Gasteiger partial charge in [0.25, 0.3) is 0 Å². The molecule has 0 saturated carbocycles. The molecule has 0 atom stereocenters. The maximum Gasteiger partial charge on any atom is 0.494 e. The van der Waals surface area contributed by atoms with Gasteiger partial charge in [-0.2, -0.15) is 0 Å². The lowest BCUT2D eigenvalue weighted by molar-refractivity contribution is -0.0660. The van der Waals surface area contributed by atoms with Gasteiger partial charge in [-0.25, -0.2) is 0 Å². The summed E-state index contributed by atoms with van der Waals surface area (Å²) in [5.74, 6) is 0. The zero-order valence-electron chi connectivity index (χ0n) is 15.8. The second-order valence-electron chi connectivity index (χ2n) is 8.40. The van der Waals surface area contributed by atoms with Crippen LogP contribution >= 0.6 is 0 Å². The van der Waals surface area contributed by atoms with E-state index in [9.17, 15) is 0 Å². The molecule has 0 aliphatic carbocycles. The van der Waals surface area contributed by atoms with E-state index in [4.69, 9.17) is 14.0 Å². The number of anilines is 1. The zero-order chi connectivity index (χ0) is 17.7. The van der Waals surface area contributed by atoms with E-state index in [0.29, 0.717) is 6.04 Å². The predicted molar refractivity (Wildman–Crippen MR) is 101 cm³/mol. The first-order valence-electron chi connectivity index (χ1n) is 9.38. The SMILES string of the molecule is CC1(C)OB(c2cccc(N3CCN(C4COC4)CC3)c2)OC1(C)C. The van der Waals surface area contributed by atoms with Gasteiger partial charge < -0.3 is 18.9 Å². The maximum absolute atomic E-state index is 6.20. The van der Waals surface area contributed by atoms with Crippen molar-refractivity contribution in [3.8, 4) is 0 Å². The van der Waals surface area contributed by atoms with Crippen molar-refractivity contribution in [2.24, 2.45) is 0 Å². The average molecular weight is 344 g/mol. The first-order valence-corrected chi connectivity index (χ1v) is 9.38. The predicted octanol–water partition coefficient (Wildman–Crippen LogP) is 1.51. The molecule has 0 unspecified atom stereocenters. The van der Waals surface area contributed by atoms with Gasteiger partial charge in [0.1, 0.15) is 0 Å². The molecule has 3 saturated heterocycles. The van der Waals surface area contributed by atoms with Crippen LogP contribution in [0.5, 0.6) is 0 Å². The van der Waals surface area contributed by atoms with Crippen molar-refractivity contribution in [3.05, 3.63) is 24.3 Å². The van der Waals surface area contributed by atoms with Crippen molar-refractivity contribution in [2.75, 3.05) is 44.3 Å². The Balaban J connectivity index is 1.44. The van der Waals surface area contributed by atoms with Gasteiger partial charge in [0, 0.05) is 31.9 Å².